The number of sulfonamides is 1. The van der Waals surface area contributed by atoms with Gasteiger partial charge in [-0.1, -0.05) is 0 Å². The Labute approximate surface area is 118 Å². The second kappa shape index (κ2) is 5.61. The molecule has 0 spiro atoms. The van der Waals surface area contributed by atoms with E-state index in [4.69, 9.17) is 5.26 Å². The van der Waals surface area contributed by atoms with Crippen molar-refractivity contribution >= 4 is 15.9 Å². The van der Waals surface area contributed by atoms with E-state index in [0.717, 1.165) is 0 Å². The molecule has 1 heterocycles. The molecule has 1 aromatic carbocycles. The molecule has 0 aromatic heterocycles. The quantitative estimate of drug-likeness (QED) is 0.876. The Morgan fingerprint density at radius 2 is 2.05 bits per heavy atom. The molecule has 0 bridgehead atoms. The molecule has 1 aliphatic heterocycles. The van der Waals surface area contributed by atoms with Crippen LogP contribution in [0.5, 0.6) is 0 Å². The first-order valence-electron chi connectivity index (χ1n) is 6.24. The number of likely N-dealkylation sites (N-methyl/N-ethyl adjacent to an activating group) is 1. The van der Waals surface area contributed by atoms with Gasteiger partial charge in [-0.25, -0.2) is 8.42 Å². The topological polar surface area (TPSA) is 90.3 Å². The SMILES string of the molecule is CNC(=O)C1CCCN1S(=O)(=O)c1ccc(C#N)cc1. The van der Waals surface area contributed by atoms with Crippen molar-refractivity contribution in [1.29, 1.82) is 5.26 Å². The van der Waals surface area contributed by atoms with Crippen molar-refractivity contribution < 1.29 is 13.2 Å². The summed E-state index contributed by atoms with van der Waals surface area (Å²) in [6.45, 7) is 0.334. The van der Waals surface area contributed by atoms with E-state index in [-0.39, 0.29) is 10.8 Å². The van der Waals surface area contributed by atoms with Gasteiger partial charge in [0.1, 0.15) is 6.04 Å². The van der Waals surface area contributed by atoms with Crippen LogP contribution in [0.4, 0.5) is 0 Å². The summed E-state index contributed by atoms with van der Waals surface area (Å²) in [5.74, 6) is -0.292. The van der Waals surface area contributed by atoms with Gasteiger partial charge in [-0.2, -0.15) is 9.57 Å². The summed E-state index contributed by atoms with van der Waals surface area (Å²) >= 11 is 0. The second-order valence-electron chi connectivity index (χ2n) is 4.52. The van der Waals surface area contributed by atoms with Gasteiger partial charge in [-0.15, -0.1) is 0 Å². The third-order valence-corrected chi connectivity index (χ3v) is 5.27. The van der Waals surface area contributed by atoms with E-state index in [2.05, 4.69) is 5.32 Å². The average Bonchev–Trinajstić information content (AvgIpc) is 2.96. The Bertz CT molecular complexity index is 646. The minimum Gasteiger partial charge on any atom is -0.358 e. The molecule has 1 atom stereocenters. The number of carbonyl (C=O) groups is 1. The van der Waals surface area contributed by atoms with Gasteiger partial charge in [0.15, 0.2) is 0 Å². The van der Waals surface area contributed by atoms with Gasteiger partial charge >= 0.3 is 0 Å². The Kier molecular flexibility index (Phi) is 4.06. The van der Waals surface area contributed by atoms with Gasteiger partial charge < -0.3 is 5.32 Å². The predicted molar refractivity (Wildman–Crippen MR) is 72.1 cm³/mol. The zero-order valence-electron chi connectivity index (χ0n) is 11.0. The maximum atomic E-state index is 12.5. The number of amides is 1. The zero-order valence-corrected chi connectivity index (χ0v) is 11.9. The first kappa shape index (κ1) is 14.5. The van der Waals surface area contributed by atoms with Gasteiger partial charge in [-0.05, 0) is 37.1 Å². The summed E-state index contributed by atoms with van der Waals surface area (Å²) < 4.78 is 26.3. The highest BCUT2D eigenvalue weighted by atomic mass is 32.2. The molecule has 0 radical (unpaired) electrons. The fourth-order valence-corrected chi connectivity index (χ4v) is 3.95. The summed E-state index contributed by atoms with van der Waals surface area (Å²) in [5, 5.41) is 11.2. The van der Waals surface area contributed by atoms with Crippen LogP contribution in [0.1, 0.15) is 18.4 Å². The largest absolute Gasteiger partial charge is 0.358 e. The van der Waals surface area contributed by atoms with Crippen molar-refractivity contribution in [2.24, 2.45) is 0 Å². The van der Waals surface area contributed by atoms with Crippen LogP contribution < -0.4 is 5.32 Å². The molecule has 1 N–H and O–H groups in total. The van der Waals surface area contributed by atoms with E-state index in [1.54, 1.807) is 0 Å². The number of nitriles is 1. The van der Waals surface area contributed by atoms with Gasteiger partial charge in [-0.3, -0.25) is 4.79 Å². The predicted octanol–water partition coefficient (Wildman–Crippen LogP) is 0.457. The lowest BCUT2D eigenvalue weighted by Crippen LogP contribution is -2.44. The number of nitrogens with zero attached hydrogens (tertiary/aromatic N) is 2. The number of nitrogens with one attached hydrogen (secondary N) is 1. The summed E-state index contributed by atoms with van der Waals surface area (Å²) in [6, 6.07) is 6.99. The first-order chi connectivity index (χ1) is 9.50. The summed E-state index contributed by atoms with van der Waals surface area (Å²) in [4.78, 5) is 11.8. The third kappa shape index (κ3) is 2.53. The van der Waals surface area contributed by atoms with Crippen LogP contribution in [-0.2, 0) is 14.8 Å². The number of hydrogen-bond acceptors (Lipinski definition) is 4. The summed E-state index contributed by atoms with van der Waals surface area (Å²) in [6.07, 6.45) is 1.18. The van der Waals surface area contributed by atoms with Gasteiger partial charge in [0.05, 0.1) is 16.5 Å². The molecule has 1 fully saturated rings. The molecular formula is C13H15N3O3S. The van der Waals surface area contributed by atoms with Crippen LogP contribution in [0.2, 0.25) is 0 Å². The Balaban J connectivity index is 2.34. The van der Waals surface area contributed by atoms with E-state index in [0.29, 0.717) is 24.9 Å². The molecule has 0 aliphatic carbocycles. The standard InChI is InChI=1S/C13H15N3O3S/c1-15-13(17)12-3-2-8-16(12)20(18,19)11-6-4-10(9-14)5-7-11/h4-7,12H,2-3,8H2,1H3,(H,15,17). The lowest BCUT2D eigenvalue weighted by molar-refractivity contribution is -0.123. The molecule has 1 aliphatic rings. The van der Waals surface area contributed by atoms with E-state index in [1.165, 1.54) is 35.6 Å². The van der Waals surface area contributed by atoms with Crippen LogP contribution in [0, 0.1) is 11.3 Å². The van der Waals surface area contributed by atoms with Crippen LogP contribution >= 0.6 is 0 Å². The maximum Gasteiger partial charge on any atom is 0.243 e. The van der Waals surface area contributed by atoms with E-state index in [1.807, 2.05) is 6.07 Å². The minimum absolute atomic E-state index is 0.104. The van der Waals surface area contributed by atoms with Crippen molar-refractivity contribution in [3.8, 4) is 6.07 Å². The molecule has 20 heavy (non-hydrogen) atoms. The maximum absolute atomic E-state index is 12.5. The normalized spacial score (nSPS) is 19.5. The number of carbonyl (C=O) groups excluding carboxylic acids is 1. The van der Waals surface area contributed by atoms with Crippen molar-refractivity contribution in [1.82, 2.24) is 9.62 Å². The molecule has 1 unspecified atom stereocenters. The first-order valence-corrected chi connectivity index (χ1v) is 7.68. The van der Waals surface area contributed by atoms with Crippen molar-refractivity contribution in [2.75, 3.05) is 13.6 Å². The second-order valence-corrected chi connectivity index (χ2v) is 6.41. The van der Waals surface area contributed by atoms with Crippen LogP contribution in [-0.4, -0.2) is 38.3 Å². The molecule has 6 nitrogen and oxygen atoms in total. The van der Waals surface area contributed by atoms with E-state index in [9.17, 15) is 13.2 Å². The molecule has 1 saturated heterocycles. The number of rotatable bonds is 3. The smallest absolute Gasteiger partial charge is 0.243 e. The molecule has 7 heteroatoms. The molecule has 1 aromatic rings. The highest BCUT2D eigenvalue weighted by molar-refractivity contribution is 7.89. The van der Waals surface area contributed by atoms with Gasteiger partial charge in [0.2, 0.25) is 15.9 Å². The summed E-state index contributed by atoms with van der Waals surface area (Å²) in [5.41, 5.74) is 0.397. The van der Waals surface area contributed by atoms with E-state index >= 15 is 0 Å². The highest BCUT2D eigenvalue weighted by Crippen LogP contribution is 2.26. The number of benzene rings is 1. The lowest BCUT2D eigenvalue weighted by Gasteiger charge is -2.22. The summed E-state index contributed by atoms with van der Waals surface area (Å²) in [7, 11) is -2.21. The highest BCUT2D eigenvalue weighted by Gasteiger charge is 2.38. The van der Waals surface area contributed by atoms with Crippen molar-refractivity contribution in [3.63, 3.8) is 0 Å². The van der Waals surface area contributed by atoms with E-state index < -0.39 is 16.1 Å². The molecule has 1 amide bonds. The molecule has 0 saturated carbocycles. The minimum atomic E-state index is -3.70. The Morgan fingerprint density at radius 3 is 2.60 bits per heavy atom. The molecule has 106 valence electrons. The molecular weight excluding hydrogens is 278 g/mol. The van der Waals surface area contributed by atoms with Crippen LogP contribution in [0.15, 0.2) is 29.2 Å². The monoisotopic (exact) mass is 293 g/mol. The molecule has 2 rings (SSSR count). The van der Waals surface area contributed by atoms with Crippen molar-refractivity contribution in [3.05, 3.63) is 29.8 Å². The zero-order chi connectivity index (χ0) is 14.8. The Morgan fingerprint density at radius 1 is 1.40 bits per heavy atom. The fraction of sp³-hybridized carbons (Fsp3) is 0.385. The van der Waals surface area contributed by atoms with Gasteiger partial charge in [0, 0.05) is 13.6 Å². The van der Waals surface area contributed by atoms with Crippen molar-refractivity contribution in [2.45, 2.75) is 23.8 Å². The Hall–Kier alpha value is -1.91. The third-order valence-electron chi connectivity index (χ3n) is 3.34. The van der Waals surface area contributed by atoms with Crippen LogP contribution in [0.25, 0.3) is 0 Å². The lowest BCUT2D eigenvalue weighted by atomic mass is 10.2. The van der Waals surface area contributed by atoms with Gasteiger partial charge in [0.25, 0.3) is 0 Å². The number of hydrogen-bond donors (Lipinski definition) is 1. The average molecular weight is 293 g/mol. The van der Waals surface area contributed by atoms with Crippen LogP contribution in [0.3, 0.4) is 0 Å². The fourth-order valence-electron chi connectivity index (χ4n) is 2.29.